The van der Waals surface area contributed by atoms with Crippen molar-refractivity contribution in [2.45, 2.75) is 32.7 Å². The average Bonchev–Trinajstić information content (AvgIpc) is 3.02. The highest BCUT2D eigenvalue weighted by atomic mass is 32.2. The molecule has 0 aliphatic carbocycles. The lowest BCUT2D eigenvalue weighted by molar-refractivity contribution is -0.908. The third-order valence-electron chi connectivity index (χ3n) is 5.67. The highest BCUT2D eigenvalue weighted by Crippen LogP contribution is 2.21. The van der Waals surface area contributed by atoms with Crippen molar-refractivity contribution in [1.29, 1.82) is 0 Å². The summed E-state index contributed by atoms with van der Waals surface area (Å²) in [4.78, 5) is 3.67. The van der Waals surface area contributed by atoms with Gasteiger partial charge in [-0.05, 0) is 49.7 Å². The summed E-state index contributed by atoms with van der Waals surface area (Å²) in [5, 5.41) is 4.01. The Balaban J connectivity index is 1.66. The van der Waals surface area contributed by atoms with Crippen LogP contribution in [0.25, 0.3) is 0 Å². The second-order valence-electron chi connectivity index (χ2n) is 7.96. The van der Waals surface area contributed by atoms with E-state index in [1.165, 1.54) is 5.56 Å². The van der Waals surface area contributed by atoms with Crippen LogP contribution in [0.15, 0.2) is 18.2 Å². The minimum atomic E-state index is -2.96. The molecule has 0 unspecified atom stereocenters. The summed E-state index contributed by atoms with van der Waals surface area (Å²) in [6.07, 6.45) is 1.64. The molecule has 3 rings (SSSR count). The maximum absolute atomic E-state index is 12.0. The minimum absolute atomic E-state index is 0.0326. The fourth-order valence-electron chi connectivity index (χ4n) is 3.94. The van der Waals surface area contributed by atoms with Gasteiger partial charge in [0.05, 0.1) is 31.3 Å². The molecule has 2 aliphatic heterocycles. The molecule has 2 aliphatic rings. The topological polar surface area (TPSA) is 63.1 Å². The number of aryl methyl sites for hydroxylation is 2. The van der Waals surface area contributed by atoms with E-state index in [-0.39, 0.29) is 17.5 Å². The fourth-order valence-corrected chi connectivity index (χ4v) is 6.02. The van der Waals surface area contributed by atoms with E-state index in [0.29, 0.717) is 11.5 Å². The van der Waals surface area contributed by atoms with E-state index in [9.17, 15) is 8.42 Å². The van der Waals surface area contributed by atoms with Gasteiger partial charge in [-0.25, -0.2) is 8.42 Å². The molecule has 0 saturated carbocycles. The number of morpholine rings is 1. The summed E-state index contributed by atoms with van der Waals surface area (Å²) in [5.74, 6) is 0.459. The van der Waals surface area contributed by atoms with Crippen molar-refractivity contribution in [3.8, 4) is 0 Å². The molecular formula is C20H32N3O3S2+. The molecule has 2 fully saturated rings. The van der Waals surface area contributed by atoms with Gasteiger partial charge in [0, 0.05) is 24.7 Å². The number of rotatable bonds is 6. The number of sulfone groups is 1. The molecule has 8 heteroatoms. The Kier molecular flexibility index (Phi) is 7.31. The van der Waals surface area contributed by atoms with Gasteiger partial charge >= 0.3 is 0 Å². The van der Waals surface area contributed by atoms with Gasteiger partial charge in [0.1, 0.15) is 13.1 Å². The second-order valence-corrected chi connectivity index (χ2v) is 10.6. The van der Waals surface area contributed by atoms with Crippen LogP contribution in [0.3, 0.4) is 0 Å². The highest BCUT2D eigenvalue weighted by Gasteiger charge is 2.33. The van der Waals surface area contributed by atoms with Gasteiger partial charge in [0.2, 0.25) is 0 Å². The highest BCUT2D eigenvalue weighted by molar-refractivity contribution is 7.91. The molecule has 2 saturated heterocycles. The van der Waals surface area contributed by atoms with Crippen LogP contribution in [-0.2, 0) is 14.6 Å². The third kappa shape index (κ3) is 5.89. The largest absolute Gasteiger partial charge is 0.370 e. The number of hydrogen-bond acceptors (Lipinski definition) is 4. The molecule has 1 aromatic carbocycles. The number of thiocarbonyl (C=S) groups is 1. The van der Waals surface area contributed by atoms with Crippen LogP contribution in [0, 0.1) is 13.8 Å². The predicted octanol–water partition coefficient (Wildman–Crippen LogP) is 0.795. The monoisotopic (exact) mass is 426 g/mol. The predicted molar refractivity (Wildman–Crippen MR) is 117 cm³/mol. The zero-order chi connectivity index (χ0) is 20.1. The number of nitrogens with zero attached hydrogens (tertiary/aromatic N) is 1. The molecule has 156 valence electrons. The first-order valence-corrected chi connectivity index (χ1v) is 12.3. The van der Waals surface area contributed by atoms with Crippen LogP contribution in [0.2, 0.25) is 0 Å². The van der Waals surface area contributed by atoms with Gasteiger partial charge in [-0.3, -0.25) is 0 Å². The first-order chi connectivity index (χ1) is 13.3. The van der Waals surface area contributed by atoms with E-state index in [4.69, 9.17) is 17.0 Å². The number of hydrogen-bond donors (Lipinski definition) is 2. The molecule has 0 aromatic heterocycles. The molecule has 1 atom stereocenters. The first-order valence-electron chi connectivity index (χ1n) is 10.1. The van der Waals surface area contributed by atoms with Crippen molar-refractivity contribution in [2.75, 3.05) is 56.2 Å². The maximum Gasteiger partial charge on any atom is 0.173 e. The van der Waals surface area contributed by atoms with Crippen LogP contribution in [-0.4, -0.2) is 75.4 Å². The van der Waals surface area contributed by atoms with Gasteiger partial charge in [0.15, 0.2) is 14.9 Å². The maximum atomic E-state index is 12.0. The van der Waals surface area contributed by atoms with E-state index in [1.54, 1.807) is 4.90 Å². The lowest BCUT2D eigenvalue weighted by atomic mass is 10.1. The quantitative estimate of drug-likeness (QED) is 0.656. The summed E-state index contributed by atoms with van der Waals surface area (Å²) < 4.78 is 29.5. The summed E-state index contributed by atoms with van der Waals surface area (Å²) >= 11 is 5.73. The molecule has 2 heterocycles. The van der Waals surface area contributed by atoms with E-state index >= 15 is 0 Å². The average molecular weight is 427 g/mol. The van der Waals surface area contributed by atoms with Crippen molar-refractivity contribution in [1.82, 2.24) is 4.90 Å². The van der Waals surface area contributed by atoms with Crippen molar-refractivity contribution in [3.05, 3.63) is 29.3 Å². The van der Waals surface area contributed by atoms with Crippen molar-refractivity contribution >= 4 is 32.9 Å². The molecule has 2 N–H and O–H groups in total. The van der Waals surface area contributed by atoms with Gasteiger partial charge in [-0.2, -0.15) is 0 Å². The Morgan fingerprint density at radius 1 is 1.32 bits per heavy atom. The lowest BCUT2D eigenvalue weighted by Gasteiger charge is -2.32. The van der Waals surface area contributed by atoms with Gasteiger partial charge in [-0.15, -0.1) is 0 Å². The number of nitrogens with one attached hydrogen (secondary N) is 2. The smallest absolute Gasteiger partial charge is 0.173 e. The molecule has 6 nitrogen and oxygen atoms in total. The van der Waals surface area contributed by atoms with Crippen LogP contribution >= 0.6 is 12.2 Å². The Morgan fingerprint density at radius 2 is 2.07 bits per heavy atom. The number of quaternary nitrogens is 1. The summed E-state index contributed by atoms with van der Waals surface area (Å²) in [6.45, 7) is 9.69. The molecule has 1 aromatic rings. The van der Waals surface area contributed by atoms with Crippen molar-refractivity contribution in [3.63, 3.8) is 0 Å². The molecule has 0 radical (unpaired) electrons. The van der Waals surface area contributed by atoms with E-state index in [0.717, 1.165) is 57.1 Å². The number of benzene rings is 1. The first kappa shape index (κ1) is 21.5. The standard InChI is InChI=1S/C20H31N3O3S2/c1-16-4-5-17(2)19(14-16)21-20(27)23(18-6-13-28(24,25)15-18)8-3-7-22-9-11-26-12-10-22/h4-5,14,18H,3,6-13,15H2,1-2H3,(H,21,27)/p+1/t18-/m1/s1. The van der Waals surface area contributed by atoms with Gasteiger partial charge in [0.25, 0.3) is 0 Å². The summed E-state index contributed by atoms with van der Waals surface area (Å²) in [6, 6.07) is 6.21. The van der Waals surface area contributed by atoms with Crippen LogP contribution in [0.1, 0.15) is 24.0 Å². The Labute approximate surface area is 174 Å². The zero-order valence-corrected chi connectivity index (χ0v) is 18.5. The fraction of sp³-hybridized carbons (Fsp3) is 0.650. The zero-order valence-electron chi connectivity index (χ0n) is 16.9. The number of anilines is 1. The molecular weight excluding hydrogens is 394 g/mol. The minimum Gasteiger partial charge on any atom is -0.370 e. The van der Waals surface area contributed by atoms with Crippen molar-refractivity contribution < 1.29 is 18.1 Å². The normalized spacial score (nSPS) is 22.1. The lowest BCUT2D eigenvalue weighted by Crippen LogP contribution is -3.14. The SMILES string of the molecule is Cc1ccc(C)c(NC(=S)N(CCC[NH+]2CCOCC2)[C@@H]2CCS(=O)(=O)C2)c1. The van der Waals surface area contributed by atoms with Crippen molar-refractivity contribution in [2.24, 2.45) is 0 Å². The van der Waals surface area contributed by atoms with Crippen LogP contribution < -0.4 is 10.2 Å². The summed E-state index contributed by atoms with van der Waals surface area (Å²) in [7, 11) is -2.96. The van der Waals surface area contributed by atoms with Crippen LogP contribution in [0.5, 0.6) is 0 Å². The van der Waals surface area contributed by atoms with Crippen LogP contribution in [0.4, 0.5) is 5.69 Å². The molecule has 0 spiro atoms. The second kappa shape index (κ2) is 9.52. The van der Waals surface area contributed by atoms with E-state index in [2.05, 4.69) is 42.3 Å². The third-order valence-corrected chi connectivity index (χ3v) is 7.76. The Hall–Kier alpha value is -1.22. The molecule has 28 heavy (non-hydrogen) atoms. The van der Waals surface area contributed by atoms with E-state index in [1.807, 2.05) is 0 Å². The van der Waals surface area contributed by atoms with Gasteiger partial charge < -0.3 is 19.9 Å². The summed E-state index contributed by atoms with van der Waals surface area (Å²) in [5.41, 5.74) is 3.29. The molecule has 0 bridgehead atoms. The van der Waals surface area contributed by atoms with Gasteiger partial charge in [-0.1, -0.05) is 12.1 Å². The Bertz CT molecular complexity index is 792. The van der Waals surface area contributed by atoms with E-state index < -0.39 is 9.84 Å². The Morgan fingerprint density at radius 3 is 2.75 bits per heavy atom. The number of ether oxygens (including phenoxy) is 1. The molecule has 0 amide bonds.